The number of Topliss-reactive ketones (excluding diaryl/α,β-unsaturated/α-hetero) is 1. The quantitative estimate of drug-likeness (QED) is 0.725. The summed E-state index contributed by atoms with van der Waals surface area (Å²) in [6.07, 6.45) is 0.354. The van der Waals surface area contributed by atoms with E-state index in [-0.39, 0.29) is 11.6 Å². The van der Waals surface area contributed by atoms with E-state index in [0.717, 1.165) is 11.1 Å². The topological polar surface area (TPSA) is 62.1 Å². The van der Waals surface area contributed by atoms with Crippen LogP contribution in [0.1, 0.15) is 28.2 Å². The SMILES string of the molecule is Cc1noc(C)c1-c1[nH]c2ccc(F)cc2c1C(=O)CCN(C)C. The van der Waals surface area contributed by atoms with Gasteiger partial charge in [0.05, 0.1) is 22.5 Å². The summed E-state index contributed by atoms with van der Waals surface area (Å²) in [5.74, 6) is 0.227. The highest BCUT2D eigenvalue weighted by Crippen LogP contribution is 2.35. The van der Waals surface area contributed by atoms with E-state index in [1.54, 1.807) is 13.0 Å². The van der Waals surface area contributed by atoms with Crippen molar-refractivity contribution in [2.24, 2.45) is 0 Å². The van der Waals surface area contributed by atoms with Crippen LogP contribution >= 0.6 is 0 Å². The third-order valence-electron chi connectivity index (χ3n) is 4.11. The van der Waals surface area contributed by atoms with Crippen molar-refractivity contribution in [3.8, 4) is 11.3 Å². The molecule has 0 fully saturated rings. The van der Waals surface area contributed by atoms with Crippen molar-refractivity contribution in [2.45, 2.75) is 20.3 Å². The van der Waals surface area contributed by atoms with Crippen LogP contribution in [0.4, 0.5) is 4.39 Å². The highest BCUT2D eigenvalue weighted by molar-refractivity contribution is 6.13. The van der Waals surface area contributed by atoms with E-state index in [2.05, 4.69) is 10.1 Å². The molecule has 0 aliphatic rings. The molecular weight excluding hydrogens is 309 g/mol. The first kappa shape index (κ1) is 16.4. The summed E-state index contributed by atoms with van der Waals surface area (Å²) in [5, 5.41) is 4.56. The summed E-state index contributed by atoms with van der Waals surface area (Å²) in [6, 6.07) is 4.43. The molecule has 0 atom stereocenters. The number of H-pyrrole nitrogens is 1. The van der Waals surface area contributed by atoms with E-state index in [1.807, 2.05) is 25.9 Å². The van der Waals surface area contributed by atoms with Gasteiger partial charge in [-0.1, -0.05) is 5.16 Å². The van der Waals surface area contributed by atoms with E-state index in [9.17, 15) is 9.18 Å². The average molecular weight is 329 g/mol. The number of fused-ring (bicyclic) bond motifs is 1. The Morgan fingerprint density at radius 1 is 1.33 bits per heavy atom. The fourth-order valence-corrected chi connectivity index (χ4v) is 2.93. The Morgan fingerprint density at radius 2 is 2.08 bits per heavy atom. The van der Waals surface area contributed by atoms with Crippen LogP contribution in [0.15, 0.2) is 22.7 Å². The molecule has 0 bridgehead atoms. The van der Waals surface area contributed by atoms with Crippen LogP contribution in [-0.2, 0) is 0 Å². The molecule has 3 rings (SSSR count). The van der Waals surface area contributed by atoms with Gasteiger partial charge in [-0.15, -0.1) is 0 Å². The van der Waals surface area contributed by atoms with Crippen molar-refractivity contribution in [2.75, 3.05) is 20.6 Å². The van der Waals surface area contributed by atoms with E-state index < -0.39 is 0 Å². The van der Waals surface area contributed by atoms with Crippen molar-refractivity contribution < 1.29 is 13.7 Å². The summed E-state index contributed by atoms with van der Waals surface area (Å²) >= 11 is 0. The Kier molecular flexibility index (Phi) is 4.24. The van der Waals surface area contributed by atoms with Gasteiger partial charge in [-0.05, 0) is 46.1 Å². The van der Waals surface area contributed by atoms with Crippen molar-refractivity contribution in [1.82, 2.24) is 15.0 Å². The lowest BCUT2D eigenvalue weighted by atomic mass is 9.99. The number of ketones is 1. The maximum absolute atomic E-state index is 13.7. The molecule has 0 saturated heterocycles. The Morgan fingerprint density at radius 3 is 2.71 bits per heavy atom. The number of aromatic nitrogens is 2. The molecule has 1 aromatic carbocycles. The minimum absolute atomic E-state index is 0.0319. The van der Waals surface area contributed by atoms with Gasteiger partial charge in [-0.3, -0.25) is 4.79 Å². The Bertz CT molecular complexity index is 889. The predicted molar refractivity (Wildman–Crippen MR) is 90.7 cm³/mol. The first-order chi connectivity index (χ1) is 11.4. The molecular formula is C18H20FN3O2. The highest BCUT2D eigenvalue weighted by Gasteiger charge is 2.24. The lowest BCUT2D eigenvalue weighted by Gasteiger charge is -2.09. The number of aromatic amines is 1. The fraction of sp³-hybridized carbons (Fsp3) is 0.333. The third-order valence-corrected chi connectivity index (χ3v) is 4.11. The third kappa shape index (κ3) is 2.85. The first-order valence-corrected chi connectivity index (χ1v) is 7.81. The van der Waals surface area contributed by atoms with Crippen molar-refractivity contribution in [3.63, 3.8) is 0 Å². The van der Waals surface area contributed by atoms with Crippen LogP contribution in [0.2, 0.25) is 0 Å². The maximum Gasteiger partial charge on any atom is 0.166 e. The van der Waals surface area contributed by atoms with Gasteiger partial charge in [0.15, 0.2) is 5.78 Å². The number of halogens is 1. The Labute approximate surface area is 139 Å². The number of hydrogen-bond acceptors (Lipinski definition) is 4. The lowest BCUT2D eigenvalue weighted by Crippen LogP contribution is -2.17. The van der Waals surface area contributed by atoms with Gasteiger partial charge in [0, 0.05) is 23.9 Å². The van der Waals surface area contributed by atoms with Crippen LogP contribution in [0.25, 0.3) is 22.2 Å². The summed E-state index contributed by atoms with van der Waals surface area (Å²) in [4.78, 5) is 18.0. The molecule has 1 N–H and O–H groups in total. The largest absolute Gasteiger partial charge is 0.361 e. The molecule has 0 saturated carbocycles. The molecule has 2 aromatic heterocycles. The molecule has 2 heterocycles. The molecule has 0 aliphatic carbocycles. The number of carbonyl (C=O) groups excluding carboxylic acids is 1. The molecule has 0 radical (unpaired) electrons. The molecule has 3 aromatic rings. The van der Waals surface area contributed by atoms with Gasteiger partial charge in [-0.2, -0.15) is 0 Å². The smallest absolute Gasteiger partial charge is 0.166 e. The lowest BCUT2D eigenvalue weighted by molar-refractivity contribution is 0.0975. The van der Waals surface area contributed by atoms with Gasteiger partial charge >= 0.3 is 0 Å². The minimum atomic E-state index is -0.367. The summed E-state index contributed by atoms with van der Waals surface area (Å²) < 4.78 is 19.0. The van der Waals surface area contributed by atoms with Crippen LogP contribution in [0, 0.1) is 19.7 Å². The second-order valence-corrected chi connectivity index (χ2v) is 6.24. The monoisotopic (exact) mass is 329 g/mol. The number of hydrogen-bond donors (Lipinski definition) is 1. The number of benzene rings is 1. The maximum atomic E-state index is 13.7. The van der Waals surface area contributed by atoms with Gasteiger partial charge in [0.1, 0.15) is 11.6 Å². The minimum Gasteiger partial charge on any atom is -0.361 e. The number of nitrogens with one attached hydrogen (secondary N) is 1. The van der Waals surface area contributed by atoms with Gasteiger partial charge in [0.2, 0.25) is 0 Å². The van der Waals surface area contributed by atoms with Gasteiger partial charge in [-0.25, -0.2) is 4.39 Å². The average Bonchev–Trinajstić information content (AvgIpc) is 3.04. The Balaban J connectivity index is 2.21. The zero-order chi connectivity index (χ0) is 17.4. The molecule has 24 heavy (non-hydrogen) atoms. The van der Waals surface area contributed by atoms with Crippen molar-refractivity contribution in [1.29, 1.82) is 0 Å². The summed E-state index contributed by atoms with van der Waals surface area (Å²) in [6.45, 7) is 4.25. The van der Waals surface area contributed by atoms with Crippen LogP contribution in [-0.4, -0.2) is 41.5 Å². The number of nitrogens with zero attached hydrogens (tertiary/aromatic N) is 2. The second kappa shape index (κ2) is 6.20. The molecule has 0 unspecified atom stereocenters. The second-order valence-electron chi connectivity index (χ2n) is 6.24. The van der Waals surface area contributed by atoms with Gasteiger partial charge in [0.25, 0.3) is 0 Å². The zero-order valence-corrected chi connectivity index (χ0v) is 14.2. The normalized spacial score (nSPS) is 11.6. The van der Waals surface area contributed by atoms with Crippen LogP contribution in [0.3, 0.4) is 0 Å². The molecule has 0 spiro atoms. The number of rotatable bonds is 5. The first-order valence-electron chi connectivity index (χ1n) is 7.81. The number of aryl methyl sites for hydroxylation is 2. The van der Waals surface area contributed by atoms with Gasteiger partial charge < -0.3 is 14.4 Å². The van der Waals surface area contributed by atoms with E-state index in [1.165, 1.54) is 12.1 Å². The summed E-state index contributed by atoms with van der Waals surface area (Å²) in [5.41, 5.74) is 3.33. The fourth-order valence-electron chi connectivity index (χ4n) is 2.93. The predicted octanol–water partition coefficient (Wildman–Crippen LogP) is 3.71. The Hall–Kier alpha value is -2.47. The molecule has 5 nitrogen and oxygen atoms in total. The van der Waals surface area contributed by atoms with E-state index >= 15 is 0 Å². The highest BCUT2D eigenvalue weighted by atomic mass is 19.1. The molecule has 0 aliphatic heterocycles. The molecule has 6 heteroatoms. The number of carbonyl (C=O) groups is 1. The van der Waals surface area contributed by atoms with Crippen molar-refractivity contribution >= 4 is 16.7 Å². The molecule has 126 valence electrons. The van der Waals surface area contributed by atoms with Crippen LogP contribution < -0.4 is 0 Å². The standard InChI is InChI=1S/C18H20FN3O2/c1-10-16(11(2)24-21-10)18-17(15(23)7-8-22(3)4)13-9-12(19)5-6-14(13)20-18/h5-6,9,20H,7-8H2,1-4H3. The summed E-state index contributed by atoms with van der Waals surface area (Å²) in [7, 11) is 3.83. The molecule has 0 amide bonds. The van der Waals surface area contributed by atoms with Crippen molar-refractivity contribution in [3.05, 3.63) is 41.0 Å². The van der Waals surface area contributed by atoms with Crippen LogP contribution in [0.5, 0.6) is 0 Å². The zero-order valence-electron chi connectivity index (χ0n) is 14.2. The van der Waals surface area contributed by atoms with E-state index in [0.29, 0.717) is 41.1 Å². The van der Waals surface area contributed by atoms with E-state index in [4.69, 9.17) is 4.52 Å².